The summed E-state index contributed by atoms with van der Waals surface area (Å²) in [5.74, 6) is -1.41. The summed E-state index contributed by atoms with van der Waals surface area (Å²) in [5.41, 5.74) is 19.0. The molecule has 1 heterocycles. The van der Waals surface area contributed by atoms with E-state index < -0.39 is 17.5 Å². The zero-order valence-corrected chi connectivity index (χ0v) is 14.3. The van der Waals surface area contributed by atoms with Gasteiger partial charge in [-0.25, -0.2) is 5.01 Å². The van der Waals surface area contributed by atoms with Crippen LogP contribution in [0.4, 0.5) is 11.4 Å². The fourth-order valence-corrected chi connectivity index (χ4v) is 2.38. The number of nitrogens with two attached hydrogens (primary N) is 2. The van der Waals surface area contributed by atoms with E-state index in [0.29, 0.717) is 17.0 Å². The lowest BCUT2D eigenvalue weighted by molar-refractivity contribution is -0.113. The lowest BCUT2D eigenvalue weighted by Gasteiger charge is -2.33. The Morgan fingerprint density at radius 2 is 2.00 bits per heavy atom. The van der Waals surface area contributed by atoms with Gasteiger partial charge in [-0.3, -0.25) is 20.4 Å². The number of anilines is 2. The van der Waals surface area contributed by atoms with Crippen LogP contribution in [0.3, 0.4) is 0 Å². The minimum atomic E-state index is -0.932. The summed E-state index contributed by atoms with van der Waals surface area (Å²) in [6.45, 7) is 1.66. The van der Waals surface area contributed by atoms with Crippen LogP contribution in [-0.4, -0.2) is 47.0 Å². The summed E-state index contributed by atoms with van der Waals surface area (Å²) in [6.07, 6.45) is 0. The molecule has 136 valence electrons. The van der Waals surface area contributed by atoms with Gasteiger partial charge in [0.25, 0.3) is 11.8 Å². The number of guanidine groups is 1. The largest absolute Gasteiger partial charge is 0.398 e. The Kier molecular flexibility index (Phi) is 5.01. The van der Waals surface area contributed by atoms with Gasteiger partial charge >= 0.3 is 0 Å². The van der Waals surface area contributed by atoms with Crippen molar-refractivity contribution < 1.29 is 9.59 Å². The molecule has 2 rings (SSSR count). The maximum Gasteiger partial charge on any atom is 0.267 e. The molecular formula is C15H19N9O2. The van der Waals surface area contributed by atoms with Crippen molar-refractivity contribution in [1.82, 2.24) is 9.91 Å². The van der Waals surface area contributed by atoms with Gasteiger partial charge in [-0.05, 0) is 25.1 Å². The lowest BCUT2D eigenvalue weighted by Crippen LogP contribution is -2.45. The smallest absolute Gasteiger partial charge is 0.267 e. The van der Waals surface area contributed by atoms with Crippen molar-refractivity contribution in [2.24, 2.45) is 11.0 Å². The number of hydrogen-bond acceptors (Lipinski definition) is 7. The zero-order valence-electron chi connectivity index (χ0n) is 14.3. The van der Waals surface area contributed by atoms with Crippen LogP contribution in [0.1, 0.15) is 12.5 Å². The molecule has 0 saturated carbocycles. The minimum absolute atomic E-state index is 0.0151. The first kappa shape index (κ1) is 18.6. The van der Waals surface area contributed by atoms with E-state index in [1.807, 2.05) is 0 Å². The number of carbonyl (C=O) groups is 2. The van der Waals surface area contributed by atoms with Crippen LogP contribution < -0.4 is 16.8 Å². The van der Waals surface area contributed by atoms with Crippen LogP contribution in [0.5, 0.6) is 0 Å². The SMILES string of the molecule is CC1=C(C(=O)Nc2ccc(N)c(C(=N)C(N)=O)c2)CN(N=N)C(=N)N1C. The molecule has 1 aromatic carbocycles. The van der Waals surface area contributed by atoms with E-state index in [4.69, 9.17) is 27.8 Å². The van der Waals surface area contributed by atoms with Crippen molar-refractivity contribution in [3.8, 4) is 0 Å². The van der Waals surface area contributed by atoms with Crippen LogP contribution in [0.2, 0.25) is 0 Å². The summed E-state index contributed by atoms with van der Waals surface area (Å²) in [5, 5.41) is 22.5. The van der Waals surface area contributed by atoms with Gasteiger partial charge in [0.1, 0.15) is 5.71 Å². The van der Waals surface area contributed by atoms with E-state index in [1.54, 1.807) is 14.0 Å². The second-order valence-electron chi connectivity index (χ2n) is 5.60. The predicted molar refractivity (Wildman–Crippen MR) is 95.6 cm³/mol. The molecular weight excluding hydrogens is 338 g/mol. The molecule has 26 heavy (non-hydrogen) atoms. The Morgan fingerprint density at radius 3 is 2.58 bits per heavy atom. The summed E-state index contributed by atoms with van der Waals surface area (Å²) in [4.78, 5) is 25.3. The fourth-order valence-electron chi connectivity index (χ4n) is 2.38. The quantitative estimate of drug-likeness (QED) is 0.253. The standard InChI is InChI=1S/C15H19N9O2/c1-7-10(6-24(22-20)15(19)23(7)2)14(26)21-8-3-4-11(16)9(5-8)12(17)13(18)25/h3-5,17,19-20H,6,16H2,1-2H3,(H2,18,25)(H,21,26). The molecule has 11 heteroatoms. The number of hydrogen-bond donors (Lipinski definition) is 6. The highest BCUT2D eigenvalue weighted by atomic mass is 16.2. The van der Waals surface area contributed by atoms with Crippen molar-refractivity contribution in [2.75, 3.05) is 24.6 Å². The molecule has 1 aliphatic heterocycles. The molecule has 0 bridgehead atoms. The Bertz CT molecular complexity index is 859. The van der Waals surface area contributed by atoms with Crippen LogP contribution in [0.15, 0.2) is 34.7 Å². The van der Waals surface area contributed by atoms with Gasteiger partial charge in [-0.15, -0.1) is 0 Å². The number of nitrogens with one attached hydrogen (secondary N) is 4. The number of nitrogen functional groups attached to an aromatic ring is 1. The number of amides is 2. The first-order valence-electron chi connectivity index (χ1n) is 7.44. The highest BCUT2D eigenvalue weighted by Crippen LogP contribution is 2.22. The molecule has 8 N–H and O–H groups in total. The fraction of sp³-hybridized carbons (Fsp3) is 0.200. The Hall–Kier alpha value is -3.76. The van der Waals surface area contributed by atoms with Gasteiger partial charge in [0.2, 0.25) is 5.96 Å². The van der Waals surface area contributed by atoms with E-state index >= 15 is 0 Å². The minimum Gasteiger partial charge on any atom is -0.398 e. The summed E-state index contributed by atoms with van der Waals surface area (Å²) < 4.78 is 0. The molecule has 0 unspecified atom stereocenters. The summed E-state index contributed by atoms with van der Waals surface area (Å²) in [7, 11) is 1.60. The van der Waals surface area contributed by atoms with Crippen molar-refractivity contribution in [3.63, 3.8) is 0 Å². The molecule has 0 aliphatic carbocycles. The van der Waals surface area contributed by atoms with Gasteiger partial charge in [0.15, 0.2) is 0 Å². The molecule has 1 aliphatic rings. The molecule has 0 aromatic heterocycles. The number of rotatable bonds is 5. The molecule has 11 nitrogen and oxygen atoms in total. The van der Waals surface area contributed by atoms with E-state index in [2.05, 4.69) is 10.5 Å². The van der Waals surface area contributed by atoms with Gasteiger partial charge in [0.05, 0.1) is 12.1 Å². The maximum absolute atomic E-state index is 12.6. The molecule has 0 fully saturated rings. The number of allylic oxidation sites excluding steroid dienone is 1. The van der Waals surface area contributed by atoms with Crippen LogP contribution >= 0.6 is 0 Å². The molecule has 0 spiro atoms. The third kappa shape index (κ3) is 3.36. The van der Waals surface area contributed by atoms with Crippen molar-refractivity contribution >= 4 is 34.9 Å². The average Bonchev–Trinajstić information content (AvgIpc) is 2.60. The average molecular weight is 357 g/mol. The number of carbonyl (C=O) groups excluding carboxylic acids is 2. The molecule has 0 saturated heterocycles. The third-order valence-corrected chi connectivity index (χ3v) is 4.03. The van der Waals surface area contributed by atoms with Crippen molar-refractivity contribution in [3.05, 3.63) is 35.0 Å². The normalized spacial score (nSPS) is 14.3. The maximum atomic E-state index is 12.6. The van der Waals surface area contributed by atoms with Gasteiger partial charge in [-0.1, -0.05) is 5.22 Å². The van der Waals surface area contributed by atoms with Crippen LogP contribution in [-0.2, 0) is 9.59 Å². The van der Waals surface area contributed by atoms with E-state index in [9.17, 15) is 9.59 Å². The van der Waals surface area contributed by atoms with E-state index in [1.165, 1.54) is 23.1 Å². The van der Waals surface area contributed by atoms with Gasteiger partial charge in [0, 0.05) is 29.7 Å². The third-order valence-electron chi connectivity index (χ3n) is 4.03. The topological polar surface area (TPSA) is 189 Å². The first-order chi connectivity index (χ1) is 12.2. The van der Waals surface area contributed by atoms with Crippen LogP contribution in [0, 0.1) is 16.3 Å². The second kappa shape index (κ2) is 7.01. The monoisotopic (exact) mass is 357 g/mol. The molecule has 0 atom stereocenters. The van der Waals surface area contributed by atoms with Crippen molar-refractivity contribution in [2.45, 2.75) is 6.92 Å². The number of primary amides is 1. The second-order valence-corrected chi connectivity index (χ2v) is 5.60. The van der Waals surface area contributed by atoms with Crippen molar-refractivity contribution in [1.29, 1.82) is 16.3 Å². The number of benzene rings is 1. The summed E-state index contributed by atoms with van der Waals surface area (Å²) in [6, 6.07) is 4.37. The van der Waals surface area contributed by atoms with E-state index in [0.717, 1.165) is 5.01 Å². The van der Waals surface area contributed by atoms with Crippen LogP contribution in [0.25, 0.3) is 0 Å². The van der Waals surface area contributed by atoms with Gasteiger partial charge < -0.3 is 21.7 Å². The predicted octanol–water partition coefficient (Wildman–Crippen LogP) is 0.463. The molecule has 1 aromatic rings. The Balaban J connectivity index is 2.31. The highest BCUT2D eigenvalue weighted by molar-refractivity contribution is 6.44. The molecule has 0 radical (unpaired) electrons. The zero-order chi connectivity index (χ0) is 19.6. The first-order valence-corrected chi connectivity index (χ1v) is 7.44. The lowest BCUT2D eigenvalue weighted by atomic mass is 10.1. The Morgan fingerprint density at radius 1 is 1.35 bits per heavy atom. The van der Waals surface area contributed by atoms with E-state index in [-0.39, 0.29) is 23.8 Å². The number of nitrogens with zero attached hydrogens (tertiary/aromatic N) is 3. The van der Waals surface area contributed by atoms with Gasteiger partial charge in [-0.2, -0.15) is 5.53 Å². The summed E-state index contributed by atoms with van der Waals surface area (Å²) >= 11 is 0. The molecule has 2 amide bonds. The Labute approximate surface area is 149 Å². The highest BCUT2D eigenvalue weighted by Gasteiger charge is 2.29.